The molecule has 0 fully saturated rings. The van der Waals surface area contributed by atoms with Gasteiger partial charge in [-0.2, -0.15) is 0 Å². The first-order chi connectivity index (χ1) is 9.65. The predicted octanol–water partition coefficient (Wildman–Crippen LogP) is 2.29. The molecule has 0 saturated heterocycles. The molecule has 0 saturated carbocycles. The molecule has 102 valence electrons. The van der Waals surface area contributed by atoms with E-state index in [1.54, 1.807) is 18.2 Å². The SMILES string of the molecule is O=C1Nc2ccc(Cl)cc2C(c2ccccc2)NC1O. The summed E-state index contributed by atoms with van der Waals surface area (Å²) in [5.74, 6) is -0.480. The first-order valence-corrected chi connectivity index (χ1v) is 6.62. The van der Waals surface area contributed by atoms with Gasteiger partial charge >= 0.3 is 0 Å². The van der Waals surface area contributed by atoms with Crippen LogP contribution in [-0.4, -0.2) is 17.2 Å². The lowest BCUT2D eigenvalue weighted by atomic mass is 9.97. The normalized spacial score (nSPS) is 21.8. The number of anilines is 1. The Morgan fingerprint density at radius 1 is 1.10 bits per heavy atom. The van der Waals surface area contributed by atoms with Gasteiger partial charge in [0.15, 0.2) is 6.23 Å². The Morgan fingerprint density at radius 2 is 1.85 bits per heavy atom. The fourth-order valence-electron chi connectivity index (χ4n) is 2.33. The second-order valence-corrected chi connectivity index (χ2v) is 5.07. The highest BCUT2D eigenvalue weighted by molar-refractivity contribution is 6.30. The summed E-state index contributed by atoms with van der Waals surface area (Å²) in [5, 5.41) is 16.1. The second-order valence-electron chi connectivity index (χ2n) is 4.63. The fourth-order valence-corrected chi connectivity index (χ4v) is 2.51. The largest absolute Gasteiger partial charge is 0.370 e. The molecule has 0 spiro atoms. The Hall–Kier alpha value is -1.88. The molecule has 2 unspecified atom stereocenters. The van der Waals surface area contributed by atoms with Crippen LogP contribution in [0.4, 0.5) is 5.69 Å². The molecule has 3 N–H and O–H groups in total. The molecular formula is C15H13ClN2O2. The summed E-state index contributed by atoms with van der Waals surface area (Å²) >= 11 is 6.05. The first-order valence-electron chi connectivity index (χ1n) is 6.24. The Kier molecular flexibility index (Phi) is 3.44. The molecule has 1 aliphatic rings. The van der Waals surface area contributed by atoms with Crippen molar-refractivity contribution in [2.45, 2.75) is 12.3 Å². The van der Waals surface area contributed by atoms with Gasteiger partial charge in [-0.1, -0.05) is 41.9 Å². The molecule has 1 amide bonds. The highest BCUT2D eigenvalue weighted by atomic mass is 35.5. The van der Waals surface area contributed by atoms with Gasteiger partial charge < -0.3 is 10.4 Å². The zero-order valence-corrected chi connectivity index (χ0v) is 11.3. The van der Waals surface area contributed by atoms with E-state index in [2.05, 4.69) is 10.6 Å². The van der Waals surface area contributed by atoms with Gasteiger partial charge in [-0.3, -0.25) is 10.1 Å². The summed E-state index contributed by atoms with van der Waals surface area (Å²) in [6.07, 6.45) is -1.27. The molecule has 20 heavy (non-hydrogen) atoms. The van der Waals surface area contributed by atoms with Crippen LogP contribution in [-0.2, 0) is 4.79 Å². The van der Waals surface area contributed by atoms with Gasteiger partial charge in [0.2, 0.25) is 0 Å². The number of amides is 1. The maximum atomic E-state index is 11.8. The molecule has 1 aliphatic heterocycles. The van der Waals surface area contributed by atoms with Crippen LogP contribution in [0.15, 0.2) is 48.5 Å². The van der Waals surface area contributed by atoms with Crippen molar-refractivity contribution in [2.24, 2.45) is 0 Å². The van der Waals surface area contributed by atoms with Gasteiger partial charge in [0, 0.05) is 10.7 Å². The lowest BCUT2D eigenvalue weighted by Gasteiger charge is -2.20. The molecule has 5 heteroatoms. The van der Waals surface area contributed by atoms with E-state index in [0.717, 1.165) is 11.1 Å². The molecular weight excluding hydrogens is 276 g/mol. The lowest BCUT2D eigenvalue weighted by molar-refractivity contribution is -0.125. The van der Waals surface area contributed by atoms with Crippen LogP contribution in [0, 0.1) is 0 Å². The van der Waals surface area contributed by atoms with E-state index < -0.39 is 12.1 Å². The van der Waals surface area contributed by atoms with Crippen molar-refractivity contribution in [1.29, 1.82) is 0 Å². The number of rotatable bonds is 1. The molecule has 1 heterocycles. The Morgan fingerprint density at radius 3 is 2.60 bits per heavy atom. The van der Waals surface area contributed by atoms with Crippen molar-refractivity contribution in [3.63, 3.8) is 0 Å². The van der Waals surface area contributed by atoms with Crippen LogP contribution in [0.2, 0.25) is 5.02 Å². The van der Waals surface area contributed by atoms with Gasteiger partial charge in [-0.05, 0) is 29.3 Å². The first kappa shape index (κ1) is 13.1. The number of halogens is 1. The van der Waals surface area contributed by atoms with Gasteiger partial charge in [0.25, 0.3) is 5.91 Å². The number of hydrogen-bond acceptors (Lipinski definition) is 3. The number of carbonyl (C=O) groups excluding carboxylic acids is 1. The maximum absolute atomic E-state index is 11.8. The van der Waals surface area contributed by atoms with E-state index in [0.29, 0.717) is 10.7 Å². The van der Waals surface area contributed by atoms with E-state index in [4.69, 9.17) is 11.6 Å². The molecule has 0 bridgehead atoms. The molecule has 3 rings (SSSR count). The van der Waals surface area contributed by atoms with E-state index in [1.807, 2.05) is 30.3 Å². The van der Waals surface area contributed by atoms with Gasteiger partial charge in [-0.15, -0.1) is 0 Å². The Labute approximate surface area is 121 Å². The number of aliphatic hydroxyl groups excluding tert-OH is 1. The third-order valence-electron chi connectivity index (χ3n) is 3.29. The van der Waals surface area contributed by atoms with Gasteiger partial charge in [0.1, 0.15) is 0 Å². The summed E-state index contributed by atoms with van der Waals surface area (Å²) in [4.78, 5) is 11.8. The molecule has 0 aromatic heterocycles. The number of fused-ring (bicyclic) bond motifs is 1. The van der Waals surface area contributed by atoms with Crippen molar-refractivity contribution < 1.29 is 9.90 Å². The highest BCUT2D eigenvalue weighted by Crippen LogP contribution is 2.32. The van der Waals surface area contributed by atoms with Crippen LogP contribution in [0.3, 0.4) is 0 Å². The van der Waals surface area contributed by atoms with Crippen LogP contribution < -0.4 is 10.6 Å². The minimum absolute atomic E-state index is 0.307. The van der Waals surface area contributed by atoms with Crippen LogP contribution in [0.5, 0.6) is 0 Å². The summed E-state index contributed by atoms with van der Waals surface area (Å²) in [6.45, 7) is 0. The summed E-state index contributed by atoms with van der Waals surface area (Å²) in [7, 11) is 0. The fraction of sp³-hybridized carbons (Fsp3) is 0.133. The molecule has 2 atom stereocenters. The molecule has 4 nitrogen and oxygen atoms in total. The van der Waals surface area contributed by atoms with Crippen LogP contribution in [0.1, 0.15) is 17.2 Å². The molecule has 2 aromatic carbocycles. The third-order valence-corrected chi connectivity index (χ3v) is 3.52. The van der Waals surface area contributed by atoms with Crippen molar-refractivity contribution in [2.75, 3.05) is 5.32 Å². The van der Waals surface area contributed by atoms with Crippen molar-refractivity contribution in [1.82, 2.24) is 5.32 Å². The van der Waals surface area contributed by atoms with Crippen molar-refractivity contribution in [3.8, 4) is 0 Å². The monoisotopic (exact) mass is 288 g/mol. The quantitative estimate of drug-likeness (QED) is 0.754. The lowest BCUT2D eigenvalue weighted by Crippen LogP contribution is -2.39. The molecule has 0 aliphatic carbocycles. The number of carbonyl (C=O) groups is 1. The number of hydrogen-bond donors (Lipinski definition) is 3. The van der Waals surface area contributed by atoms with Crippen molar-refractivity contribution >= 4 is 23.2 Å². The van der Waals surface area contributed by atoms with E-state index in [1.165, 1.54) is 0 Å². The maximum Gasteiger partial charge on any atom is 0.268 e. The molecule has 2 aromatic rings. The topological polar surface area (TPSA) is 61.4 Å². The molecule has 0 radical (unpaired) electrons. The average Bonchev–Trinajstić information content (AvgIpc) is 2.58. The third kappa shape index (κ3) is 2.41. The van der Waals surface area contributed by atoms with Gasteiger partial charge in [-0.25, -0.2) is 0 Å². The number of nitrogens with one attached hydrogen (secondary N) is 2. The smallest absolute Gasteiger partial charge is 0.268 e. The zero-order valence-electron chi connectivity index (χ0n) is 10.5. The standard InChI is InChI=1S/C15H13ClN2O2/c16-10-6-7-12-11(8-10)13(9-4-2-1-3-5-9)18-15(20)14(19)17-12/h1-8,13,15,18,20H,(H,17,19). The number of aliphatic hydroxyl groups is 1. The summed E-state index contributed by atoms with van der Waals surface area (Å²) < 4.78 is 0. The van der Waals surface area contributed by atoms with E-state index >= 15 is 0 Å². The average molecular weight is 289 g/mol. The predicted molar refractivity (Wildman–Crippen MR) is 77.5 cm³/mol. The van der Waals surface area contributed by atoms with Gasteiger partial charge in [0.05, 0.1) is 6.04 Å². The van der Waals surface area contributed by atoms with E-state index in [9.17, 15) is 9.90 Å². The minimum Gasteiger partial charge on any atom is -0.370 e. The Bertz CT molecular complexity index is 646. The summed E-state index contributed by atoms with van der Waals surface area (Å²) in [6, 6.07) is 14.5. The highest BCUT2D eigenvalue weighted by Gasteiger charge is 2.28. The Balaban J connectivity index is 2.13. The number of benzene rings is 2. The second kappa shape index (κ2) is 5.25. The van der Waals surface area contributed by atoms with Crippen LogP contribution in [0.25, 0.3) is 0 Å². The van der Waals surface area contributed by atoms with Crippen molar-refractivity contribution in [3.05, 3.63) is 64.7 Å². The van der Waals surface area contributed by atoms with E-state index in [-0.39, 0.29) is 6.04 Å². The summed E-state index contributed by atoms with van der Waals surface area (Å²) in [5.41, 5.74) is 2.43. The zero-order chi connectivity index (χ0) is 14.1. The minimum atomic E-state index is -1.27. The van der Waals surface area contributed by atoms with Crippen LogP contribution >= 0.6 is 11.6 Å².